The molecule has 0 unspecified atom stereocenters. The quantitative estimate of drug-likeness (QED) is 0.575. The Morgan fingerprint density at radius 2 is 2.04 bits per heavy atom. The van der Waals surface area contributed by atoms with Crippen molar-refractivity contribution in [2.75, 3.05) is 26.8 Å². The number of hydrogen-bond donors (Lipinski definition) is 0. The van der Waals surface area contributed by atoms with Crippen LogP contribution in [0.25, 0.3) is 11.4 Å². The van der Waals surface area contributed by atoms with E-state index >= 15 is 0 Å². The molecule has 3 rings (SSSR count). The summed E-state index contributed by atoms with van der Waals surface area (Å²) in [6.45, 7) is 4.92. The summed E-state index contributed by atoms with van der Waals surface area (Å²) in [4.78, 5) is 28.3. The summed E-state index contributed by atoms with van der Waals surface area (Å²) in [6.07, 6.45) is 0. The molecule has 0 spiro atoms. The van der Waals surface area contributed by atoms with Crippen LogP contribution in [-0.4, -0.2) is 59.2 Å². The standard InChI is InChI=1S/C17H19N5O4/c1-4-25-19-14-9-22(10-14)17(23)15(20-24-3)12-5-7-13(8-6-12)16-18-11(2)26-21-16/h5-8H,4,9-10H2,1-3H3. The van der Waals surface area contributed by atoms with E-state index in [1.54, 1.807) is 36.1 Å². The van der Waals surface area contributed by atoms with Crippen molar-refractivity contribution in [2.45, 2.75) is 13.8 Å². The Labute approximate surface area is 150 Å². The van der Waals surface area contributed by atoms with E-state index in [1.807, 2.05) is 6.92 Å². The van der Waals surface area contributed by atoms with E-state index in [0.29, 0.717) is 37.0 Å². The molecule has 0 saturated carbocycles. The molecule has 9 heteroatoms. The molecule has 2 heterocycles. The molecule has 0 bridgehead atoms. The lowest BCUT2D eigenvalue weighted by atomic mass is 10.0. The molecule has 136 valence electrons. The number of benzene rings is 1. The number of likely N-dealkylation sites (tertiary alicyclic amines) is 1. The summed E-state index contributed by atoms with van der Waals surface area (Å²) in [5.41, 5.74) is 2.46. The lowest BCUT2D eigenvalue weighted by Crippen LogP contribution is -2.53. The van der Waals surface area contributed by atoms with Crippen LogP contribution in [0, 0.1) is 6.92 Å². The van der Waals surface area contributed by atoms with Crippen LogP contribution >= 0.6 is 0 Å². The van der Waals surface area contributed by atoms with Gasteiger partial charge in [-0.05, 0) is 6.92 Å². The molecule has 1 amide bonds. The summed E-state index contributed by atoms with van der Waals surface area (Å²) in [5.74, 6) is 0.749. The van der Waals surface area contributed by atoms with Crippen molar-refractivity contribution in [3.05, 3.63) is 35.7 Å². The first-order valence-corrected chi connectivity index (χ1v) is 8.11. The predicted molar refractivity (Wildman–Crippen MR) is 93.7 cm³/mol. The highest BCUT2D eigenvalue weighted by atomic mass is 16.6. The largest absolute Gasteiger partial charge is 0.398 e. The van der Waals surface area contributed by atoms with Gasteiger partial charge in [0.1, 0.15) is 13.7 Å². The van der Waals surface area contributed by atoms with Crippen molar-refractivity contribution in [3.63, 3.8) is 0 Å². The van der Waals surface area contributed by atoms with Crippen molar-refractivity contribution < 1.29 is 19.0 Å². The smallest absolute Gasteiger partial charge is 0.277 e. The second-order valence-electron chi connectivity index (χ2n) is 5.57. The molecule has 0 atom stereocenters. The maximum atomic E-state index is 12.7. The first-order valence-electron chi connectivity index (χ1n) is 8.11. The van der Waals surface area contributed by atoms with E-state index < -0.39 is 0 Å². The molecular weight excluding hydrogens is 338 g/mol. The fourth-order valence-corrected chi connectivity index (χ4v) is 2.40. The Balaban J connectivity index is 1.74. The van der Waals surface area contributed by atoms with E-state index in [4.69, 9.17) is 14.2 Å². The Bertz CT molecular complexity index is 833. The number of aromatic nitrogens is 2. The third-order valence-corrected chi connectivity index (χ3v) is 3.69. The van der Waals surface area contributed by atoms with Gasteiger partial charge in [-0.15, -0.1) is 0 Å². The van der Waals surface area contributed by atoms with E-state index in [1.165, 1.54) is 7.11 Å². The van der Waals surface area contributed by atoms with Crippen molar-refractivity contribution in [2.24, 2.45) is 10.3 Å². The summed E-state index contributed by atoms with van der Waals surface area (Å²) >= 11 is 0. The van der Waals surface area contributed by atoms with Crippen LogP contribution < -0.4 is 0 Å². The maximum Gasteiger partial charge on any atom is 0.277 e. The van der Waals surface area contributed by atoms with Crippen molar-refractivity contribution >= 4 is 17.3 Å². The Kier molecular flexibility index (Phi) is 5.26. The van der Waals surface area contributed by atoms with Crippen LogP contribution in [0.2, 0.25) is 0 Å². The van der Waals surface area contributed by atoms with Crippen LogP contribution in [0.4, 0.5) is 0 Å². The minimum absolute atomic E-state index is 0.221. The van der Waals surface area contributed by atoms with Gasteiger partial charge < -0.3 is 19.1 Å². The van der Waals surface area contributed by atoms with Crippen molar-refractivity contribution in [3.8, 4) is 11.4 Å². The molecular formula is C17H19N5O4. The average molecular weight is 357 g/mol. The minimum Gasteiger partial charge on any atom is -0.398 e. The Morgan fingerprint density at radius 1 is 1.31 bits per heavy atom. The van der Waals surface area contributed by atoms with Crippen LogP contribution in [0.5, 0.6) is 0 Å². The van der Waals surface area contributed by atoms with E-state index in [2.05, 4.69) is 20.5 Å². The van der Waals surface area contributed by atoms with E-state index in [-0.39, 0.29) is 11.6 Å². The highest BCUT2D eigenvalue weighted by Gasteiger charge is 2.31. The molecule has 9 nitrogen and oxygen atoms in total. The Morgan fingerprint density at radius 3 is 2.62 bits per heavy atom. The molecule has 2 aromatic rings. The van der Waals surface area contributed by atoms with Gasteiger partial charge in [-0.3, -0.25) is 4.79 Å². The maximum absolute atomic E-state index is 12.7. The van der Waals surface area contributed by atoms with Gasteiger partial charge in [-0.2, -0.15) is 4.98 Å². The minimum atomic E-state index is -0.231. The van der Waals surface area contributed by atoms with Gasteiger partial charge in [-0.25, -0.2) is 0 Å². The van der Waals surface area contributed by atoms with Crippen molar-refractivity contribution in [1.29, 1.82) is 0 Å². The topological polar surface area (TPSA) is 102 Å². The van der Waals surface area contributed by atoms with Gasteiger partial charge in [0.25, 0.3) is 5.91 Å². The highest BCUT2D eigenvalue weighted by molar-refractivity contribution is 6.46. The molecule has 1 aromatic carbocycles. The monoisotopic (exact) mass is 357 g/mol. The summed E-state index contributed by atoms with van der Waals surface area (Å²) < 4.78 is 4.98. The number of oxime groups is 2. The zero-order chi connectivity index (χ0) is 18.5. The lowest BCUT2D eigenvalue weighted by molar-refractivity contribution is -0.124. The molecule has 0 radical (unpaired) electrons. The van der Waals surface area contributed by atoms with E-state index in [0.717, 1.165) is 11.3 Å². The van der Waals surface area contributed by atoms with Crippen molar-refractivity contribution in [1.82, 2.24) is 15.0 Å². The number of hydrogen-bond acceptors (Lipinski definition) is 8. The zero-order valence-electron chi connectivity index (χ0n) is 14.8. The Hall–Kier alpha value is -3.23. The highest BCUT2D eigenvalue weighted by Crippen LogP contribution is 2.18. The first-order chi connectivity index (χ1) is 12.6. The fourth-order valence-electron chi connectivity index (χ4n) is 2.40. The van der Waals surface area contributed by atoms with Crippen LogP contribution in [-0.2, 0) is 14.5 Å². The number of carbonyl (C=O) groups is 1. The molecule has 1 saturated heterocycles. The number of rotatable bonds is 6. The van der Waals surface area contributed by atoms with Gasteiger partial charge in [0.05, 0.1) is 18.8 Å². The third-order valence-electron chi connectivity index (χ3n) is 3.69. The van der Waals surface area contributed by atoms with Gasteiger partial charge >= 0.3 is 0 Å². The molecule has 0 N–H and O–H groups in total. The van der Waals surface area contributed by atoms with Gasteiger partial charge in [0.2, 0.25) is 11.7 Å². The predicted octanol–water partition coefficient (Wildman–Crippen LogP) is 1.63. The molecule has 1 aliphatic heterocycles. The van der Waals surface area contributed by atoms with Gasteiger partial charge in [-0.1, -0.05) is 39.7 Å². The third kappa shape index (κ3) is 3.71. The first kappa shape index (κ1) is 17.6. The molecule has 1 aromatic heterocycles. The number of nitrogens with zero attached hydrogens (tertiary/aromatic N) is 5. The van der Waals surface area contributed by atoms with Gasteiger partial charge in [0, 0.05) is 18.1 Å². The number of amides is 1. The van der Waals surface area contributed by atoms with Crippen LogP contribution in [0.15, 0.2) is 39.1 Å². The summed E-state index contributed by atoms with van der Waals surface area (Å²) in [5, 5.41) is 11.7. The normalized spacial score (nSPS) is 14.0. The lowest BCUT2D eigenvalue weighted by Gasteiger charge is -2.32. The molecule has 26 heavy (non-hydrogen) atoms. The zero-order valence-corrected chi connectivity index (χ0v) is 14.8. The summed E-state index contributed by atoms with van der Waals surface area (Å²) in [7, 11) is 1.40. The average Bonchev–Trinajstić information content (AvgIpc) is 3.05. The second kappa shape index (κ2) is 7.77. The number of carbonyl (C=O) groups excluding carboxylic acids is 1. The van der Waals surface area contributed by atoms with Gasteiger partial charge in [0.15, 0.2) is 5.71 Å². The summed E-state index contributed by atoms with van der Waals surface area (Å²) in [6, 6.07) is 7.14. The molecule has 0 aliphatic carbocycles. The van der Waals surface area contributed by atoms with Crippen LogP contribution in [0.3, 0.4) is 0 Å². The van der Waals surface area contributed by atoms with Crippen LogP contribution in [0.1, 0.15) is 18.4 Å². The fraction of sp³-hybridized carbons (Fsp3) is 0.353. The molecule has 1 fully saturated rings. The van der Waals surface area contributed by atoms with E-state index in [9.17, 15) is 4.79 Å². The second-order valence-corrected chi connectivity index (χ2v) is 5.57. The number of aryl methyl sites for hydroxylation is 1. The molecule has 1 aliphatic rings. The SMILES string of the molecule is CCON=C1CN(C(=O)C(=NOC)c2ccc(-c3noc(C)n3)cc2)C1.